The second-order valence-electron chi connectivity index (χ2n) is 6.35. The van der Waals surface area contributed by atoms with Gasteiger partial charge in [0.15, 0.2) is 0 Å². The summed E-state index contributed by atoms with van der Waals surface area (Å²) in [5.74, 6) is 0. The molecule has 4 aromatic rings. The lowest BCUT2D eigenvalue weighted by atomic mass is 10.2. The van der Waals surface area contributed by atoms with Crippen molar-refractivity contribution >= 4 is 21.8 Å². The molecule has 0 atom stereocenters. The highest BCUT2D eigenvalue weighted by Gasteiger charge is 2.20. The Morgan fingerprint density at radius 3 is 1.48 bits per heavy atom. The number of fused-ring (bicyclic) bond motifs is 3. The minimum Gasteiger partial charge on any atom is -0.222 e. The van der Waals surface area contributed by atoms with E-state index >= 15 is 0 Å². The van der Waals surface area contributed by atoms with Gasteiger partial charge in [0.25, 0.3) is 0 Å². The van der Waals surface area contributed by atoms with Gasteiger partial charge in [0.2, 0.25) is 11.4 Å². The van der Waals surface area contributed by atoms with Crippen LogP contribution in [0.25, 0.3) is 21.8 Å². The fraction of sp³-hybridized carbons (Fsp3) is 0.150. The summed E-state index contributed by atoms with van der Waals surface area (Å²) in [6, 6.07) is 21.7. The van der Waals surface area contributed by atoms with E-state index in [0.717, 1.165) is 0 Å². The molecule has 6 nitrogen and oxygen atoms in total. The molecule has 0 amide bonds. The third-order valence-corrected chi connectivity index (χ3v) is 4.30. The Labute approximate surface area is 158 Å². The molecule has 0 aliphatic carbocycles. The maximum absolute atomic E-state index is 8.49. The summed E-state index contributed by atoms with van der Waals surface area (Å²) in [6.45, 7) is 6.49. The van der Waals surface area contributed by atoms with Crippen molar-refractivity contribution in [3.05, 3.63) is 77.6 Å². The second kappa shape index (κ2) is 7.26. The Morgan fingerprint density at radius 2 is 1.07 bits per heavy atom. The van der Waals surface area contributed by atoms with Crippen molar-refractivity contribution in [2.24, 2.45) is 0 Å². The fourth-order valence-corrected chi connectivity index (χ4v) is 3.53. The van der Waals surface area contributed by atoms with Gasteiger partial charge in [-0.15, -0.1) is 14.9 Å². The molecule has 2 aromatic carbocycles. The highest BCUT2D eigenvalue weighted by atomic mass is 35.7. The Hall–Kier alpha value is -2.48. The third-order valence-electron chi connectivity index (χ3n) is 4.30. The molecule has 0 bridgehead atoms. The Morgan fingerprint density at radius 1 is 0.704 bits per heavy atom. The number of pyridine rings is 1. The van der Waals surface area contributed by atoms with E-state index in [-0.39, 0.29) is 0 Å². The maximum atomic E-state index is 8.49. The Kier molecular flexibility index (Phi) is 5.19. The van der Waals surface area contributed by atoms with Crippen LogP contribution in [0.15, 0.2) is 60.7 Å². The van der Waals surface area contributed by atoms with Crippen LogP contribution in [0.5, 0.6) is 0 Å². The summed E-state index contributed by atoms with van der Waals surface area (Å²) in [7, 11) is -4.94. The molecular weight excluding hydrogens is 368 g/mol. The van der Waals surface area contributed by atoms with Gasteiger partial charge in [0.05, 0.1) is 0 Å². The van der Waals surface area contributed by atoms with E-state index in [2.05, 4.69) is 90.8 Å². The lowest BCUT2D eigenvalue weighted by Gasteiger charge is -2.17. The summed E-state index contributed by atoms with van der Waals surface area (Å²) < 4.78 is 38.6. The van der Waals surface area contributed by atoms with E-state index in [1.165, 1.54) is 38.8 Å². The smallest absolute Gasteiger partial charge is 0.210 e. The highest BCUT2D eigenvalue weighted by molar-refractivity contribution is 6.07. The zero-order chi connectivity index (χ0) is 19.8. The summed E-state index contributed by atoms with van der Waals surface area (Å²) in [6.07, 6.45) is 0. The maximum Gasteiger partial charge on any atom is 0.210 e. The van der Waals surface area contributed by atoms with Crippen LogP contribution in [0.1, 0.15) is 17.0 Å². The average molecular weight is 387 g/mol. The quantitative estimate of drug-likeness (QED) is 0.414. The molecule has 0 saturated heterocycles. The predicted molar refractivity (Wildman–Crippen MR) is 91.1 cm³/mol. The van der Waals surface area contributed by atoms with Crippen LogP contribution >= 0.6 is 0 Å². The van der Waals surface area contributed by atoms with Gasteiger partial charge >= 0.3 is 0 Å². The van der Waals surface area contributed by atoms with Crippen LogP contribution in [0, 0.1) is 31.0 Å². The van der Waals surface area contributed by atoms with Gasteiger partial charge in [0, 0.05) is 36.8 Å². The average Bonchev–Trinajstić information content (AvgIpc) is 2.88. The summed E-state index contributed by atoms with van der Waals surface area (Å²) in [5, 5.41) is 2.59. The molecule has 0 aliphatic heterocycles. The molecule has 27 heavy (non-hydrogen) atoms. The standard InChI is InChI=1S/C20H19N2.ClHO4/c1-14-12-15(2)21(16(3)13-14)22-19-10-6-4-8-17(19)18-9-5-7-11-20(18)22;2-1(3,4)5/h4-13H,1-3H3;(H,2,3,4,5)/q+1;/p-1. The highest BCUT2D eigenvalue weighted by Crippen LogP contribution is 2.27. The van der Waals surface area contributed by atoms with E-state index in [0.29, 0.717) is 0 Å². The predicted octanol–water partition coefficient (Wildman–Crippen LogP) is -0.437. The molecule has 0 unspecified atom stereocenters. The molecule has 4 rings (SSSR count). The normalized spacial score (nSPS) is 11.5. The molecule has 0 fully saturated rings. The van der Waals surface area contributed by atoms with Crippen molar-refractivity contribution in [3.8, 4) is 0 Å². The van der Waals surface area contributed by atoms with Gasteiger partial charge in [-0.05, 0) is 24.6 Å². The first-order valence-corrected chi connectivity index (χ1v) is 9.51. The number of aromatic nitrogens is 2. The van der Waals surface area contributed by atoms with Gasteiger partial charge in [-0.25, -0.2) is 18.6 Å². The zero-order valence-electron chi connectivity index (χ0n) is 15.2. The number of halogens is 1. The molecular formula is C20H19ClN2O4. The van der Waals surface area contributed by atoms with Crippen LogP contribution in [0.3, 0.4) is 0 Å². The number of nitrogens with zero attached hydrogens (tertiary/aromatic N) is 2. The molecule has 7 heteroatoms. The minimum absolute atomic E-state index is 1.24. The molecule has 0 N–H and O–H groups in total. The van der Waals surface area contributed by atoms with Gasteiger partial charge in [0.1, 0.15) is 11.0 Å². The number of para-hydroxylation sites is 2. The van der Waals surface area contributed by atoms with E-state index < -0.39 is 10.2 Å². The largest absolute Gasteiger partial charge is 0.222 e. The molecule has 140 valence electrons. The minimum atomic E-state index is -4.94. The molecule has 0 spiro atoms. The van der Waals surface area contributed by atoms with E-state index in [1.807, 2.05) is 0 Å². The van der Waals surface area contributed by atoms with Crippen LogP contribution in [-0.2, 0) is 0 Å². The first-order valence-electron chi connectivity index (χ1n) is 8.27. The van der Waals surface area contributed by atoms with Crippen LogP contribution in [0.4, 0.5) is 0 Å². The summed E-state index contributed by atoms with van der Waals surface area (Å²) >= 11 is 0. The number of aryl methyl sites for hydroxylation is 3. The number of rotatable bonds is 1. The fourth-order valence-electron chi connectivity index (χ4n) is 3.53. The van der Waals surface area contributed by atoms with Gasteiger partial charge in [-0.3, -0.25) is 0 Å². The number of benzene rings is 2. The van der Waals surface area contributed by atoms with Crippen molar-refractivity contribution in [3.63, 3.8) is 0 Å². The van der Waals surface area contributed by atoms with Crippen molar-refractivity contribution in [2.75, 3.05) is 0 Å². The first kappa shape index (κ1) is 19.3. The Balaban J connectivity index is 0.000000376. The zero-order valence-corrected chi connectivity index (χ0v) is 15.9. The van der Waals surface area contributed by atoms with E-state index in [4.69, 9.17) is 18.6 Å². The molecule has 0 radical (unpaired) electrons. The van der Waals surface area contributed by atoms with Crippen molar-refractivity contribution < 1.29 is 33.6 Å². The van der Waals surface area contributed by atoms with Crippen LogP contribution < -0.4 is 23.3 Å². The molecule has 0 aliphatic rings. The van der Waals surface area contributed by atoms with E-state index in [1.54, 1.807) is 0 Å². The van der Waals surface area contributed by atoms with Gasteiger partial charge in [-0.1, -0.05) is 41.1 Å². The van der Waals surface area contributed by atoms with Crippen LogP contribution in [0.2, 0.25) is 0 Å². The first-order chi connectivity index (χ1) is 12.7. The number of hydrogen-bond acceptors (Lipinski definition) is 4. The SMILES string of the molecule is Cc1cc(C)[n+](-n2c3ccccc3c3ccccc32)c(C)c1.[O-][Cl+3]([O-])([O-])[O-]. The molecule has 0 saturated carbocycles. The molecule has 2 heterocycles. The monoisotopic (exact) mass is 386 g/mol. The van der Waals surface area contributed by atoms with Gasteiger partial charge in [-0.2, -0.15) is 0 Å². The van der Waals surface area contributed by atoms with Crippen LogP contribution in [-0.4, -0.2) is 4.68 Å². The topological polar surface area (TPSA) is 101 Å². The second-order valence-corrected chi connectivity index (χ2v) is 7.11. The Bertz CT molecular complexity index is 1030. The third kappa shape index (κ3) is 4.10. The van der Waals surface area contributed by atoms with Crippen molar-refractivity contribution in [2.45, 2.75) is 20.8 Å². The summed E-state index contributed by atoms with van der Waals surface area (Å²) in [4.78, 5) is 0. The van der Waals surface area contributed by atoms with Gasteiger partial charge < -0.3 is 0 Å². The number of hydrogen-bond donors (Lipinski definition) is 0. The molecule has 2 aromatic heterocycles. The van der Waals surface area contributed by atoms with Crippen molar-refractivity contribution in [1.82, 2.24) is 4.68 Å². The lowest BCUT2D eigenvalue weighted by molar-refractivity contribution is -2.00. The van der Waals surface area contributed by atoms with E-state index in [9.17, 15) is 0 Å². The van der Waals surface area contributed by atoms with Crippen molar-refractivity contribution in [1.29, 1.82) is 0 Å². The lowest BCUT2D eigenvalue weighted by Crippen LogP contribution is -2.68. The summed E-state index contributed by atoms with van der Waals surface area (Å²) in [5.41, 5.74) is 6.26.